The number of aromatic amines is 1. The number of H-pyrrole nitrogens is 1. The first-order chi connectivity index (χ1) is 12.6. The van der Waals surface area contributed by atoms with E-state index in [1.807, 2.05) is 42.6 Å². The van der Waals surface area contributed by atoms with Gasteiger partial charge in [0, 0.05) is 17.3 Å². The van der Waals surface area contributed by atoms with Crippen LogP contribution in [0.3, 0.4) is 0 Å². The van der Waals surface area contributed by atoms with E-state index in [0.29, 0.717) is 11.5 Å². The van der Waals surface area contributed by atoms with Gasteiger partial charge in [0.25, 0.3) is 0 Å². The van der Waals surface area contributed by atoms with Crippen LogP contribution in [0.15, 0.2) is 66.9 Å². The van der Waals surface area contributed by atoms with Gasteiger partial charge in [-0.1, -0.05) is 38.1 Å². The third-order valence-electron chi connectivity index (χ3n) is 4.75. The Morgan fingerprint density at radius 3 is 2.50 bits per heavy atom. The number of fused-ring (bicyclic) bond motifs is 2. The molecule has 1 aromatic heterocycles. The molecule has 3 aromatic carbocycles. The van der Waals surface area contributed by atoms with Gasteiger partial charge in [-0.25, -0.2) is 0 Å². The molecule has 0 saturated carbocycles. The second-order valence-corrected chi connectivity index (χ2v) is 6.99. The number of hydrogen-bond acceptors (Lipinski definition) is 2. The van der Waals surface area contributed by atoms with Crippen LogP contribution in [-0.4, -0.2) is 11.3 Å². The highest BCUT2D eigenvalue weighted by Gasteiger charge is 2.18. The predicted molar refractivity (Wildman–Crippen MR) is 106 cm³/mol. The summed E-state index contributed by atoms with van der Waals surface area (Å²) < 4.78 is 6.37. The highest BCUT2D eigenvalue weighted by atomic mass is 16.5. The molecule has 130 valence electrons. The van der Waals surface area contributed by atoms with E-state index in [9.17, 15) is 4.79 Å². The Balaban J connectivity index is 1.67. The first kappa shape index (κ1) is 16.4. The lowest BCUT2D eigenvalue weighted by atomic mass is 9.97. The summed E-state index contributed by atoms with van der Waals surface area (Å²) in [6.07, 6.45) is 2.80. The summed E-state index contributed by atoms with van der Waals surface area (Å²) in [7, 11) is 0. The minimum atomic E-state index is -0.0269. The van der Waals surface area contributed by atoms with Crippen LogP contribution in [0.2, 0.25) is 0 Å². The molecule has 0 bridgehead atoms. The highest BCUT2D eigenvalue weighted by Crippen LogP contribution is 2.32. The molecular weight excluding hydrogens is 322 g/mol. The molecular formula is C23H21NO2. The van der Waals surface area contributed by atoms with Crippen LogP contribution in [0.5, 0.6) is 5.75 Å². The molecule has 1 N–H and O–H groups in total. The van der Waals surface area contributed by atoms with Gasteiger partial charge < -0.3 is 9.72 Å². The number of rotatable bonds is 5. The molecule has 0 fully saturated rings. The maximum Gasteiger partial charge on any atom is 0.150 e. The van der Waals surface area contributed by atoms with Crippen LogP contribution in [0, 0.1) is 5.92 Å². The lowest BCUT2D eigenvalue weighted by molar-refractivity contribution is 0.112. The van der Waals surface area contributed by atoms with Gasteiger partial charge >= 0.3 is 0 Å². The molecule has 0 aliphatic heterocycles. The molecule has 0 amide bonds. The van der Waals surface area contributed by atoms with E-state index in [1.54, 1.807) is 0 Å². The third-order valence-corrected chi connectivity index (χ3v) is 4.75. The van der Waals surface area contributed by atoms with Crippen molar-refractivity contribution in [3.63, 3.8) is 0 Å². The number of hydrogen-bond donors (Lipinski definition) is 1. The molecule has 0 saturated heterocycles. The molecule has 0 aliphatic carbocycles. The first-order valence-electron chi connectivity index (χ1n) is 8.87. The zero-order valence-corrected chi connectivity index (χ0v) is 14.9. The number of carbonyl (C=O) groups excluding carboxylic acids is 1. The Hall–Kier alpha value is -3.07. The Morgan fingerprint density at radius 2 is 1.69 bits per heavy atom. The minimum Gasteiger partial charge on any atom is -0.485 e. The normalized spacial score (nSPS) is 12.6. The van der Waals surface area contributed by atoms with Crippen molar-refractivity contribution >= 4 is 28.0 Å². The summed E-state index contributed by atoms with van der Waals surface area (Å²) in [6.45, 7) is 4.34. The Morgan fingerprint density at radius 1 is 0.885 bits per heavy atom. The summed E-state index contributed by atoms with van der Waals surface area (Å²) in [5.74, 6) is 1.17. The Kier molecular flexibility index (Phi) is 4.21. The third kappa shape index (κ3) is 3.08. The van der Waals surface area contributed by atoms with Crippen molar-refractivity contribution in [1.82, 2.24) is 4.98 Å². The number of benzene rings is 3. The van der Waals surface area contributed by atoms with Crippen LogP contribution in [0.25, 0.3) is 21.7 Å². The SMILES string of the molecule is CC(C)C(Oc1ccc2cc(C=O)ccc2c1)c1ccc2[nH]ccc2c1. The van der Waals surface area contributed by atoms with Crippen molar-refractivity contribution in [2.24, 2.45) is 5.92 Å². The summed E-state index contributed by atoms with van der Waals surface area (Å²) in [6, 6.07) is 20.2. The van der Waals surface area contributed by atoms with Crippen LogP contribution < -0.4 is 4.74 Å². The van der Waals surface area contributed by atoms with E-state index in [0.717, 1.165) is 28.3 Å². The van der Waals surface area contributed by atoms with Gasteiger partial charge in [-0.2, -0.15) is 0 Å². The van der Waals surface area contributed by atoms with Crippen molar-refractivity contribution in [3.05, 3.63) is 78.0 Å². The average molecular weight is 343 g/mol. The number of nitrogens with one attached hydrogen (secondary N) is 1. The Bertz CT molecular complexity index is 1080. The number of aromatic nitrogens is 1. The zero-order valence-electron chi connectivity index (χ0n) is 14.9. The van der Waals surface area contributed by atoms with Crippen molar-refractivity contribution in [1.29, 1.82) is 0 Å². The molecule has 4 rings (SSSR count). The highest BCUT2D eigenvalue weighted by molar-refractivity contribution is 5.89. The van der Waals surface area contributed by atoms with Gasteiger partial charge in [-0.15, -0.1) is 0 Å². The monoisotopic (exact) mass is 343 g/mol. The van der Waals surface area contributed by atoms with Crippen LogP contribution in [0.1, 0.15) is 35.9 Å². The second-order valence-electron chi connectivity index (χ2n) is 6.99. The van der Waals surface area contributed by atoms with Gasteiger partial charge in [0.15, 0.2) is 0 Å². The fraction of sp³-hybridized carbons (Fsp3) is 0.174. The topological polar surface area (TPSA) is 42.1 Å². The summed E-state index contributed by atoms with van der Waals surface area (Å²) >= 11 is 0. The fourth-order valence-corrected chi connectivity index (χ4v) is 3.37. The summed E-state index contributed by atoms with van der Waals surface area (Å²) in [5, 5.41) is 3.30. The molecule has 0 aliphatic rings. The number of ether oxygens (including phenoxy) is 1. The van der Waals surface area contributed by atoms with Gasteiger partial charge in [-0.3, -0.25) is 4.79 Å². The summed E-state index contributed by atoms with van der Waals surface area (Å²) in [5.41, 5.74) is 2.99. The van der Waals surface area contributed by atoms with Crippen molar-refractivity contribution in [2.75, 3.05) is 0 Å². The lowest BCUT2D eigenvalue weighted by Gasteiger charge is -2.23. The van der Waals surface area contributed by atoms with Gasteiger partial charge in [0.2, 0.25) is 0 Å². The zero-order chi connectivity index (χ0) is 18.1. The van der Waals surface area contributed by atoms with Gasteiger partial charge in [-0.05, 0) is 64.0 Å². The first-order valence-corrected chi connectivity index (χ1v) is 8.87. The smallest absolute Gasteiger partial charge is 0.150 e. The summed E-state index contributed by atoms with van der Waals surface area (Å²) in [4.78, 5) is 14.2. The van der Waals surface area contributed by atoms with Crippen molar-refractivity contribution < 1.29 is 9.53 Å². The Labute approximate surface area is 152 Å². The van der Waals surface area contributed by atoms with E-state index in [4.69, 9.17) is 4.74 Å². The van der Waals surface area contributed by atoms with Crippen molar-refractivity contribution in [3.8, 4) is 5.75 Å². The van der Waals surface area contributed by atoms with E-state index < -0.39 is 0 Å². The van der Waals surface area contributed by atoms with E-state index >= 15 is 0 Å². The van der Waals surface area contributed by atoms with Crippen LogP contribution in [0.4, 0.5) is 0 Å². The molecule has 3 heteroatoms. The second kappa shape index (κ2) is 6.68. The molecule has 1 heterocycles. The van der Waals surface area contributed by atoms with E-state index in [1.165, 1.54) is 10.9 Å². The quantitative estimate of drug-likeness (QED) is 0.458. The number of aldehydes is 1. The molecule has 26 heavy (non-hydrogen) atoms. The molecule has 0 spiro atoms. The average Bonchev–Trinajstić information content (AvgIpc) is 3.13. The maximum atomic E-state index is 10.9. The van der Waals surface area contributed by atoms with E-state index in [2.05, 4.69) is 43.1 Å². The molecule has 0 radical (unpaired) electrons. The predicted octanol–water partition coefficient (Wildman–Crippen LogP) is 5.91. The van der Waals surface area contributed by atoms with Crippen LogP contribution in [-0.2, 0) is 0 Å². The molecule has 3 nitrogen and oxygen atoms in total. The lowest BCUT2D eigenvalue weighted by Crippen LogP contribution is -2.14. The van der Waals surface area contributed by atoms with Crippen molar-refractivity contribution in [2.45, 2.75) is 20.0 Å². The molecule has 1 unspecified atom stereocenters. The van der Waals surface area contributed by atoms with Gasteiger partial charge in [0.05, 0.1) is 0 Å². The standard InChI is InChI=1S/C23H21NO2/c1-15(2)23(20-6-8-22-19(12-20)9-10-24-22)26-21-7-5-17-11-16(14-25)3-4-18(17)13-21/h3-15,23-24H,1-2H3. The maximum absolute atomic E-state index is 10.9. The fourth-order valence-electron chi connectivity index (χ4n) is 3.37. The largest absolute Gasteiger partial charge is 0.485 e. The molecule has 4 aromatic rings. The van der Waals surface area contributed by atoms with Gasteiger partial charge in [0.1, 0.15) is 18.1 Å². The molecule has 1 atom stereocenters. The van der Waals surface area contributed by atoms with E-state index in [-0.39, 0.29) is 6.10 Å². The van der Waals surface area contributed by atoms with Crippen LogP contribution >= 0.6 is 0 Å². The minimum absolute atomic E-state index is 0.0269. The number of carbonyl (C=O) groups is 1.